The van der Waals surface area contributed by atoms with Gasteiger partial charge in [0, 0.05) is 36.5 Å². The quantitative estimate of drug-likeness (QED) is 0.168. The number of H-pyrrole nitrogens is 2. The number of nitrogens with zero attached hydrogens (tertiary/aromatic N) is 5. The first-order valence-electron chi connectivity index (χ1n) is 13.9. The number of hydrogen-bond acceptors (Lipinski definition) is 8. The molecule has 0 spiro atoms. The molecule has 6 rings (SSSR count). The topological polar surface area (TPSA) is 171 Å². The largest absolute Gasteiger partial charge is 0.336 e. The van der Waals surface area contributed by atoms with Crippen molar-refractivity contribution in [1.29, 1.82) is 0 Å². The van der Waals surface area contributed by atoms with Gasteiger partial charge in [-0.1, -0.05) is 13.3 Å². The molecule has 0 radical (unpaired) electrons. The predicted molar refractivity (Wildman–Crippen MR) is 165 cm³/mol. The molecular weight excluding hydrogens is 585 g/mol. The molecule has 0 unspecified atom stereocenters. The molecule has 5 heterocycles. The lowest BCUT2D eigenvalue weighted by Gasteiger charge is -2.07. The van der Waals surface area contributed by atoms with E-state index >= 15 is 0 Å². The van der Waals surface area contributed by atoms with Gasteiger partial charge in [0.25, 0.3) is 0 Å². The van der Waals surface area contributed by atoms with Gasteiger partial charge in [-0.2, -0.15) is 5.10 Å². The minimum atomic E-state index is -3.46. The highest BCUT2D eigenvalue weighted by Crippen LogP contribution is 2.31. The van der Waals surface area contributed by atoms with E-state index in [1.807, 2.05) is 25.1 Å². The molecule has 14 heteroatoms. The summed E-state index contributed by atoms with van der Waals surface area (Å²) < 4.78 is 40.0. The van der Waals surface area contributed by atoms with E-state index < -0.39 is 15.8 Å². The molecule has 0 saturated heterocycles. The maximum absolute atomic E-state index is 14.6. The Labute approximate surface area is 251 Å². The number of carbonyl (C=O) groups is 1. The number of rotatable bonds is 10. The van der Waals surface area contributed by atoms with Crippen LogP contribution in [0.5, 0.6) is 0 Å². The van der Waals surface area contributed by atoms with Gasteiger partial charge in [-0.25, -0.2) is 27.5 Å². The van der Waals surface area contributed by atoms with Gasteiger partial charge in [-0.3, -0.25) is 19.9 Å². The Morgan fingerprint density at radius 2 is 1.82 bits per heavy atom. The van der Waals surface area contributed by atoms with Gasteiger partial charge in [-0.05, 0) is 54.4 Å². The van der Waals surface area contributed by atoms with Crippen LogP contribution in [-0.2, 0) is 21.4 Å². The van der Waals surface area contributed by atoms with Crippen molar-refractivity contribution in [2.45, 2.75) is 32.7 Å². The maximum atomic E-state index is 14.6. The molecule has 12 nitrogen and oxygen atoms in total. The van der Waals surface area contributed by atoms with Gasteiger partial charge in [0.15, 0.2) is 11.5 Å². The number of fused-ring (bicyclic) bond motifs is 2. The van der Waals surface area contributed by atoms with Crippen molar-refractivity contribution >= 4 is 43.7 Å². The van der Waals surface area contributed by atoms with E-state index in [9.17, 15) is 17.6 Å². The van der Waals surface area contributed by atoms with Crippen molar-refractivity contribution in [3.63, 3.8) is 0 Å². The van der Waals surface area contributed by atoms with E-state index in [-0.39, 0.29) is 12.5 Å². The number of amides is 1. The standard InChI is InChI=1S/C30H28FN9O3S/c1-3-4-5-25(41)35-21-13-19(15-32-16-21)22-6-7-24-28(36-22)29(40-39-24)30-37-23-8-9-33-26(27(23)38-30)18-10-17(11-20(31)12-18)14-34-44(2,42)43/h6-13,15-16,34H,3-5,14H2,1-2H3,(H,35,41)(H,37,38)(H,39,40). The van der Waals surface area contributed by atoms with Crippen molar-refractivity contribution in [2.24, 2.45) is 0 Å². The number of hydrogen-bond donors (Lipinski definition) is 4. The zero-order valence-corrected chi connectivity index (χ0v) is 24.7. The molecule has 0 aliphatic heterocycles. The van der Waals surface area contributed by atoms with Crippen LogP contribution in [-0.4, -0.2) is 55.7 Å². The molecule has 1 amide bonds. The molecule has 1 aromatic carbocycles. The fourth-order valence-corrected chi connectivity index (χ4v) is 5.23. The summed E-state index contributed by atoms with van der Waals surface area (Å²) in [4.78, 5) is 33.8. The van der Waals surface area contributed by atoms with Gasteiger partial charge >= 0.3 is 0 Å². The smallest absolute Gasteiger partial charge is 0.224 e. The monoisotopic (exact) mass is 613 g/mol. The van der Waals surface area contributed by atoms with Gasteiger partial charge in [0.2, 0.25) is 15.9 Å². The second-order valence-electron chi connectivity index (χ2n) is 10.4. The summed E-state index contributed by atoms with van der Waals surface area (Å²) in [7, 11) is -3.46. The average Bonchev–Trinajstić information content (AvgIpc) is 3.62. The Balaban J connectivity index is 1.35. The van der Waals surface area contributed by atoms with Gasteiger partial charge in [-0.15, -0.1) is 0 Å². The fraction of sp³-hybridized carbons (Fsp3) is 0.200. The molecule has 5 aromatic heterocycles. The zero-order valence-electron chi connectivity index (χ0n) is 23.8. The van der Waals surface area contributed by atoms with Crippen LogP contribution in [0.3, 0.4) is 0 Å². The molecule has 6 aromatic rings. The lowest BCUT2D eigenvalue weighted by Crippen LogP contribution is -2.21. The molecule has 44 heavy (non-hydrogen) atoms. The van der Waals surface area contributed by atoms with E-state index in [1.165, 1.54) is 12.1 Å². The van der Waals surface area contributed by atoms with E-state index in [2.05, 4.69) is 35.2 Å². The molecular formula is C30H28FN9O3S. The van der Waals surface area contributed by atoms with Crippen LogP contribution in [0, 0.1) is 5.82 Å². The number of pyridine rings is 3. The lowest BCUT2D eigenvalue weighted by atomic mass is 10.1. The summed E-state index contributed by atoms with van der Waals surface area (Å²) in [6, 6.07) is 11.5. The summed E-state index contributed by atoms with van der Waals surface area (Å²) in [5.41, 5.74) is 6.09. The predicted octanol–water partition coefficient (Wildman–Crippen LogP) is 4.94. The second kappa shape index (κ2) is 11.9. The highest BCUT2D eigenvalue weighted by atomic mass is 32.2. The molecule has 0 aliphatic rings. The van der Waals surface area contributed by atoms with Crippen LogP contribution in [0.1, 0.15) is 31.7 Å². The number of sulfonamides is 1. The molecule has 4 N–H and O–H groups in total. The Morgan fingerprint density at radius 1 is 0.977 bits per heavy atom. The number of benzene rings is 1. The Bertz CT molecular complexity index is 2130. The third kappa shape index (κ3) is 6.31. The van der Waals surface area contributed by atoms with Crippen LogP contribution in [0.15, 0.2) is 61.1 Å². The summed E-state index contributed by atoms with van der Waals surface area (Å²) in [5, 5.41) is 10.3. The fourth-order valence-electron chi connectivity index (χ4n) is 4.80. The van der Waals surface area contributed by atoms with Gasteiger partial charge in [0.05, 0.1) is 40.6 Å². The minimum absolute atomic E-state index is 0.0647. The molecule has 0 aliphatic carbocycles. The van der Waals surface area contributed by atoms with Gasteiger partial charge < -0.3 is 10.3 Å². The SMILES string of the molecule is CCCCC(=O)Nc1cncc(-c2ccc3[nH]nc(-c4nc5c(-c6cc(F)cc(CNS(C)(=O)=O)c6)nccc5[nH]4)c3n2)c1. The van der Waals surface area contributed by atoms with Crippen molar-refractivity contribution in [1.82, 2.24) is 39.8 Å². The summed E-state index contributed by atoms with van der Waals surface area (Å²) in [6.07, 6.45) is 8.08. The van der Waals surface area contributed by atoms with Crippen molar-refractivity contribution < 1.29 is 17.6 Å². The summed E-state index contributed by atoms with van der Waals surface area (Å²) in [5.74, 6) is -0.169. The molecule has 0 fully saturated rings. The first-order valence-corrected chi connectivity index (χ1v) is 15.8. The van der Waals surface area contributed by atoms with E-state index in [0.717, 1.165) is 24.7 Å². The second-order valence-corrected chi connectivity index (χ2v) is 12.2. The number of aromatic nitrogens is 7. The normalized spacial score (nSPS) is 11.8. The molecule has 0 saturated carbocycles. The highest BCUT2D eigenvalue weighted by molar-refractivity contribution is 7.88. The number of anilines is 1. The van der Waals surface area contributed by atoms with Crippen LogP contribution >= 0.6 is 0 Å². The van der Waals surface area contributed by atoms with E-state index in [0.29, 0.717) is 68.2 Å². The minimum Gasteiger partial charge on any atom is -0.336 e. The zero-order chi connectivity index (χ0) is 30.8. The lowest BCUT2D eigenvalue weighted by molar-refractivity contribution is -0.116. The summed E-state index contributed by atoms with van der Waals surface area (Å²) in [6.45, 7) is 1.97. The first kappa shape index (κ1) is 29.0. The number of unbranched alkanes of at least 4 members (excludes halogenated alkanes) is 1. The van der Waals surface area contributed by atoms with Crippen LogP contribution in [0.2, 0.25) is 0 Å². The van der Waals surface area contributed by atoms with Crippen LogP contribution in [0.4, 0.5) is 10.1 Å². The number of aromatic amines is 2. The Morgan fingerprint density at radius 3 is 2.64 bits per heavy atom. The Kier molecular flexibility index (Phi) is 7.84. The van der Waals surface area contributed by atoms with Crippen LogP contribution < -0.4 is 10.0 Å². The van der Waals surface area contributed by atoms with Crippen molar-refractivity contribution in [3.8, 4) is 34.0 Å². The van der Waals surface area contributed by atoms with E-state index in [1.54, 1.807) is 30.7 Å². The average molecular weight is 614 g/mol. The molecule has 0 atom stereocenters. The molecule has 0 bridgehead atoms. The highest BCUT2D eigenvalue weighted by Gasteiger charge is 2.18. The Hall–Kier alpha value is -5.08. The third-order valence-corrected chi connectivity index (χ3v) is 7.55. The number of imidazole rings is 1. The van der Waals surface area contributed by atoms with E-state index in [4.69, 9.17) is 9.97 Å². The number of carbonyl (C=O) groups excluding carboxylic acids is 1. The summed E-state index contributed by atoms with van der Waals surface area (Å²) >= 11 is 0. The van der Waals surface area contributed by atoms with Crippen molar-refractivity contribution in [2.75, 3.05) is 11.6 Å². The van der Waals surface area contributed by atoms with Crippen LogP contribution in [0.25, 0.3) is 56.1 Å². The number of halogens is 1. The third-order valence-electron chi connectivity index (χ3n) is 6.88. The molecule has 224 valence electrons. The first-order chi connectivity index (χ1) is 21.2. The van der Waals surface area contributed by atoms with Crippen molar-refractivity contribution in [3.05, 3.63) is 72.4 Å². The number of nitrogens with one attached hydrogen (secondary N) is 4. The maximum Gasteiger partial charge on any atom is 0.224 e. The van der Waals surface area contributed by atoms with Gasteiger partial charge in [0.1, 0.15) is 16.9 Å².